The van der Waals surface area contributed by atoms with E-state index in [1.165, 1.54) is 25.0 Å². The zero-order valence-corrected chi connectivity index (χ0v) is 18.0. The Bertz CT molecular complexity index is 1060. The molecule has 7 nitrogen and oxygen atoms in total. The summed E-state index contributed by atoms with van der Waals surface area (Å²) in [4.78, 5) is 2.18. The first-order chi connectivity index (χ1) is 14.8. The number of piperidine rings is 1. The van der Waals surface area contributed by atoms with Crippen LogP contribution in [0.4, 0.5) is 10.2 Å². The maximum atomic E-state index is 14.8. The van der Waals surface area contributed by atoms with E-state index in [4.69, 9.17) is 0 Å². The average Bonchev–Trinajstić information content (AvgIpc) is 3.33. The number of H-pyrrole nitrogens is 1. The third kappa shape index (κ3) is 3.54. The van der Waals surface area contributed by atoms with E-state index in [2.05, 4.69) is 44.5 Å². The van der Waals surface area contributed by atoms with Gasteiger partial charge in [0.25, 0.3) is 0 Å². The molecule has 0 aliphatic carbocycles. The van der Waals surface area contributed by atoms with Crippen molar-refractivity contribution >= 4 is 5.82 Å². The predicted molar refractivity (Wildman–Crippen MR) is 117 cm³/mol. The minimum absolute atomic E-state index is 0.0499. The van der Waals surface area contributed by atoms with Gasteiger partial charge in [0.1, 0.15) is 11.6 Å². The van der Waals surface area contributed by atoms with Crippen LogP contribution in [0.3, 0.4) is 0 Å². The molecule has 2 aromatic heterocycles. The van der Waals surface area contributed by atoms with Crippen molar-refractivity contribution in [3.8, 4) is 28.1 Å². The summed E-state index contributed by atoms with van der Waals surface area (Å²) in [5.41, 5.74) is 1.90. The minimum Gasteiger partial charge on any atom is -0.507 e. The smallest absolute Gasteiger partial charge is 0.151 e. The number of halogens is 1. The Morgan fingerprint density at radius 1 is 1.10 bits per heavy atom. The number of anilines is 1. The molecule has 162 valence electrons. The first kappa shape index (κ1) is 19.9. The van der Waals surface area contributed by atoms with Gasteiger partial charge in [0.15, 0.2) is 5.82 Å². The van der Waals surface area contributed by atoms with Gasteiger partial charge >= 0.3 is 0 Å². The lowest BCUT2D eigenvalue weighted by Crippen LogP contribution is -2.58. The average molecular weight is 423 g/mol. The molecule has 2 fully saturated rings. The van der Waals surface area contributed by atoms with Gasteiger partial charge in [-0.25, -0.2) is 4.39 Å². The maximum absolute atomic E-state index is 14.8. The first-order valence-electron chi connectivity index (χ1n) is 10.6. The van der Waals surface area contributed by atoms with Crippen LogP contribution in [0.15, 0.2) is 36.7 Å². The van der Waals surface area contributed by atoms with Crippen LogP contribution in [0, 0.1) is 5.82 Å². The van der Waals surface area contributed by atoms with Gasteiger partial charge in [-0.1, -0.05) is 0 Å². The van der Waals surface area contributed by atoms with Crippen molar-refractivity contribution in [1.29, 1.82) is 0 Å². The number of aromatic hydroxyl groups is 1. The van der Waals surface area contributed by atoms with Crippen molar-refractivity contribution in [2.24, 2.45) is 0 Å². The molecule has 0 amide bonds. The van der Waals surface area contributed by atoms with Crippen LogP contribution in [-0.4, -0.2) is 49.7 Å². The molecule has 3 atom stereocenters. The van der Waals surface area contributed by atoms with Crippen molar-refractivity contribution in [1.82, 2.24) is 25.7 Å². The molecule has 3 N–H and O–H groups in total. The predicted octanol–water partition coefficient (Wildman–Crippen LogP) is 3.88. The van der Waals surface area contributed by atoms with E-state index in [1.54, 1.807) is 18.5 Å². The largest absolute Gasteiger partial charge is 0.507 e. The number of phenolic OH excluding ortho intramolecular Hbond substituents is 1. The van der Waals surface area contributed by atoms with Crippen molar-refractivity contribution in [2.75, 3.05) is 11.9 Å². The van der Waals surface area contributed by atoms with Gasteiger partial charge in [0.2, 0.25) is 0 Å². The Balaban J connectivity index is 1.39. The Hall–Kier alpha value is -3.00. The van der Waals surface area contributed by atoms with Crippen LogP contribution in [0.25, 0.3) is 22.4 Å². The summed E-state index contributed by atoms with van der Waals surface area (Å²) in [6, 6.07) is 6.80. The molecule has 1 aromatic carbocycles. The Labute approximate surface area is 180 Å². The third-order valence-electron chi connectivity index (χ3n) is 6.92. The van der Waals surface area contributed by atoms with Crippen LogP contribution >= 0.6 is 0 Å². The van der Waals surface area contributed by atoms with E-state index in [0.717, 1.165) is 18.7 Å². The third-order valence-corrected chi connectivity index (χ3v) is 6.92. The van der Waals surface area contributed by atoms with Crippen molar-refractivity contribution in [3.63, 3.8) is 0 Å². The molecule has 0 saturated carbocycles. The zero-order chi connectivity index (χ0) is 21.8. The molecule has 2 bridgehead atoms. The van der Waals surface area contributed by atoms with Gasteiger partial charge < -0.3 is 15.3 Å². The summed E-state index contributed by atoms with van der Waals surface area (Å²) in [6.07, 6.45) is 7.69. The molecule has 31 heavy (non-hydrogen) atoms. The molecule has 5 rings (SSSR count). The summed E-state index contributed by atoms with van der Waals surface area (Å²) in [5, 5.41) is 29.4. The molecule has 0 spiro atoms. The summed E-state index contributed by atoms with van der Waals surface area (Å²) in [7, 11) is 2.05. The van der Waals surface area contributed by atoms with Gasteiger partial charge in [-0.15, -0.1) is 10.2 Å². The molecular formula is C23H27FN6O. The number of nitrogens with zero attached hydrogens (tertiary/aromatic N) is 4. The van der Waals surface area contributed by atoms with Crippen LogP contribution in [-0.2, 0) is 0 Å². The van der Waals surface area contributed by atoms with Crippen molar-refractivity contribution in [2.45, 2.75) is 56.7 Å². The zero-order valence-electron chi connectivity index (χ0n) is 18.0. The highest BCUT2D eigenvalue weighted by Crippen LogP contribution is 2.44. The number of rotatable bonds is 4. The second-order valence-electron chi connectivity index (χ2n) is 9.54. The fourth-order valence-electron chi connectivity index (χ4n) is 5.35. The highest BCUT2D eigenvalue weighted by atomic mass is 19.1. The number of aromatic amines is 1. The van der Waals surface area contributed by atoms with Crippen LogP contribution in [0.1, 0.15) is 39.5 Å². The summed E-state index contributed by atoms with van der Waals surface area (Å²) in [6.45, 7) is 4.59. The number of hydrogen-bond acceptors (Lipinski definition) is 6. The topological polar surface area (TPSA) is 90.0 Å². The van der Waals surface area contributed by atoms with E-state index in [0.29, 0.717) is 22.9 Å². The fourth-order valence-corrected chi connectivity index (χ4v) is 5.35. The number of fused-ring (bicyclic) bond motifs is 2. The van der Waals surface area contributed by atoms with Crippen molar-refractivity contribution in [3.05, 3.63) is 42.5 Å². The minimum atomic E-state index is -0.553. The highest BCUT2D eigenvalue weighted by Gasteiger charge is 2.49. The number of benzene rings is 1. The number of hydrogen-bond donors (Lipinski definition) is 3. The van der Waals surface area contributed by atoms with Gasteiger partial charge in [-0.3, -0.25) is 5.10 Å². The van der Waals surface area contributed by atoms with Gasteiger partial charge in [0.05, 0.1) is 17.5 Å². The lowest BCUT2D eigenvalue weighted by atomic mass is 9.84. The molecule has 0 radical (unpaired) electrons. The van der Waals surface area contributed by atoms with Crippen LogP contribution in [0.5, 0.6) is 5.75 Å². The Morgan fingerprint density at radius 2 is 1.84 bits per heavy atom. The number of phenols is 1. The molecule has 4 heterocycles. The van der Waals surface area contributed by atoms with Gasteiger partial charge in [-0.05, 0) is 69.4 Å². The van der Waals surface area contributed by atoms with Crippen LogP contribution < -0.4 is 10.2 Å². The molecule has 2 saturated heterocycles. The summed E-state index contributed by atoms with van der Waals surface area (Å²) in [5.74, 6) is 0.0157. The van der Waals surface area contributed by atoms with E-state index in [9.17, 15) is 9.50 Å². The van der Waals surface area contributed by atoms with E-state index in [-0.39, 0.29) is 22.4 Å². The first-order valence-corrected chi connectivity index (χ1v) is 10.6. The lowest BCUT2D eigenvalue weighted by molar-refractivity contribution is 0.207. The van der Waals surface area contributed by atoms with E-state index in [1.807, 2.05) is 13.1 Å². The summed E-state index contributed by atoms with van der Waals surface area (Å²) < 4.78 is 14.8. The maximum Gasteiger partial charge on any atom is 0.151 e. The van der Waals surface area contributed by atoms with Crippen LogP contribution in [0.2, 0.25) is 0 Å². The van der Waals surface area contributed by atoms with E-state index < -0.39 is 5.82 Å². The normalized spacial score (nSPS) is 27.4. The quantitative estimate of drug-likeness (QED) is 0.591. The second kappa shape index (κ2) is 7.02. The van der Waals surface area contributed by atoms with Gasteiger partial charge in [0, 0.05) is 35.9 Å². The molecule has 2 aliphatic rings. The molecule has 8 heteroatoms. The molecule has 2 aliphatic heterocycles. The van der Waals surface area contributed by atoms with Gasteiger partial charge in [-0.2, -0.15) is 5.10 Å². The molecular weight excluding hydrogens is 395 g/mol. The molecule has 3 aromatic rings. The lowest BCUT2D eigenvalue weighted by Gasteiger charge is -2.45. The Kier molecular flexibility index (Phi) is 4.51. The second-order valence-corrected chi connectivity index (χ2v) is 9.54. The highest BCUT2D eigenvalue weighted by molar-refractivity contribution is 5.74. The summed E-state index contributed by atoms with van der Waals surface area (Å²) >= 11 is 0. The number of nitrogens with one attached hydrogen (secondary N) is 2. The standard InChI is InChI=1S/C23H27FN6O/c1-22-6-7-23(2,29-22)11-16(10-22)30(3)20-5-4-18(27-28-20)21-17(24)8-14(9-19(21)31)15-12-25-26-13-15/h4-5,8-9,12-13,16,29,31H,6-7,10-11H2,1-3H3,(H,25,26)/t16-,22+,23-. The molecule has 0 unspecified atom stereocenters. The Morgan fingerprint density at radius 3 is 2.42 bits per heavy atom. The SMILES string of the molecule is CN(c1ccc(-c2c(O)cc(-c3cn[nH]c3)cc2F)nn1)[C@@H]1C[C@]2(C)CC[C@](C)(C1)N2. The fraction of sp³-hybridized carbons (Fsp3) is 0.435. The monoisotopic (exact) mass is 422 g/mol. The van der Waals surface area contributed by atoms with Crippen molar-refractivity contribution < 1.29 is 9.50 Å². The number of aromatic nitrogens is 4. The van der Waals surface area contributed by atoms with E-state index >= 15 is 0 Å².